The van der Waals surface area contributed by atoms with Gasteiger partial charge in [0.25, 0.3) is 0 Å². The Morgan fingerprint density at radius 1 is 1.24 bits per heavy atom. The maximum absolute atomic E-state index is 11.8. The number of nitrogens with one attached hydrogen (secondary N) is 1. The Kier molecular flexibility index (Phi) is 2.21. The number of carbonyl (C=O) groups is 1. The molecule has 1 heterocycles. The smallest absolute Gasteiger partial charge is 0.167 e. The van der Waals surface area contributed by atoms with Gasteiger partial charge in [0.05, 0.1) is 12.7 Å². The molecule has 17 heavy (non-hydrogen) atoms. The molecule has 4 nitrogen and oxygen atoms in total. The van der Waals surface area contributed by atoms with Crippen molar-refractivity contribution in [1.29, 1.82) is 0 Å². The Morgan fingerprint density at radius 3 is 2.71 bits per heavy atom. The molecule has 0 amide bonds. The molecule has 86 valence electrons. The third kappa shape index (κ3) is 1.53. The second-order valence-corrected chi connectivity index (χ2v) is 4.08. The fourth-order valence-corrected chi connectivity index (χ4v) is 2.18. The molecule has 1 aromatic carbocycles. The highest BCUT2D eigenvalue weighted by atomic mass is 16.5. The molecule has 1 N–H and O–H groups in total. The lowest BCUT2D eigenvalue weighted by atomic mass is 10.1. The summed E-state index contributed by atoms with van der Waals surface area (Å²) in [6, 6.07) is 7.58. The van der Waals surface area contributed by atoms with Crippen LogP contribution in [0.4, 0.5) is 0 Å². The number of benzene rings is 1. The summed E-state index contributed by atoms with van der Waals surface area (Å²) < 4.78 is 5.11. The Labute approximate surface area is 98.6 Å². The van der Waals surface area contributed by atoms with Crippen molar-refractivity contribution in [3.8, 4) is 17.0 Å². The number of fused-ring (bicyclic) bond motifs is 1. The Hall–Kier alpha value is -2.10. The monoisotopic (exact) mass is 228 g/mol. The Bertz CT molecular complexity index is 570. The minimum atomic E-state index is 0.180. The van der Waals surface area contributed by atoms with E-state index in [1.54, 1.807) is 7.11 Å². The summed E-state index contributed by atoms with van der Waals surface area (Å²) in [6.45, 7) is 0. The summed E-state index contributed by atoms with van der Waals surface area (Å²) in [5.41, 5.74) is 3.42. The van der Waals surface area contributed by atoms with Crippen LogP contribution in [0.2, 0.25) is 0 Å². The molecule has 1 aliphatic carbocycles. The zero-order valence-electron chi connectivity index (χ0n) is 9.49. The minimum Gasteiger partial charge on any atom is -0.497 e. The largest absolute Gasteiger partial charge is 0.497 e. The van der Waals surface area contributed by atoms with Crippen LogP contribution in [-0.4, -0.2) is 23.1 Å². The molecule has 1 aliphatic rings. The van der Waals surface area contributed by atoms with Gasteiger partial charge in [-0.15, -0.1) is 0 Å². The van der Waals surface area contributed by atoms with Gasteiger partial charge in [0.1, 0.15) is 11.4 Å². The second-order valence-electron chi connectivity index (χ2n) is 4.08. The highest BCUT2D eigenvalue weighted by Crippen LogP contribution is 2.30. The van der Waals surface area contributed by atoms with Gasteiger partial charge in [-0.25, -0.2) is 0 Å². The van der Waals surface area contributed by atoms with Gasteiger partial charge < -0.3 is 4.74 Å². The first-order chi connectivity index (χ1) is 8.29. The van der Waals surface area contributed by atoms with Gasteiger partial charge in [-0.3, -0.25) is 9.89 Å². The van der Waals surface area contributed by atoms with Crippen LogP contribution < -0.4 is 4.74 Å². The first-order valence-corrected chi connectivity index (χ1v) is 5.54. The van der Waals surface area contributed by atoms with E-state index in [2.05, 4.69) is 10.2 Å². The highest BCUT2D eigenvalue weighted by molar-refractivity contribution is 6.05. The topological polar surface area (TPSA) is 55.0 Å². The number of rotatable bonds is 2. The van der Waals surface area contributed by atoms with Gasteiger partial charge in [-0.2, -0.15) is 5.10 Å². The van der Waals surface area contributed by atoms with Gasteiger partial charge in [0, 0.05) is 17.7 Å². The lowest BCUT2D eigenvalue weighted by Crippen LogP contribution is -1.93. The van der Waals surface area contributed by atoms with Gasteiger partial charge in [-0.1, -0.05) is 0 Å². The quantitative estimate of drug-likeness (QED) is 0.857. The van der Waals surface area contributed by atoms with E-state index in [1.165, 1.54) is 0 Å². The van der Waals surface area contributed by atoms with E-state index in [-0.39, 0.29) is 5.78 Å². The molecule has 0 unspecified atom stereocenters. The van der Waals surface area contributed by atoms with Crippen molar-refractivity contribution in [2.45, 2.75) is 12.8 Å². The summed E-state index contributed by atoms with van der Waals surface area (Å²) in [4.78, 5) is 11.8. The number of aromatic amines is 1. The van der Waals surface area contributed by atoms with Gasteiger partial charge in [-0.05, 0) is 30.7 Å². The molecule has 0 bridgehead atoms. The summed E-state index contributed by atoms with van der Waals surface area (Å²) in [5.74, 6) is 0.979. The zero-order chi connectivity index (χ0) is 11.8. The SMILES string of the molecule is COc1ccc(-c2n[nH]c3c2C(=O)CC3)cc1. The minimum absolute atomic E-state index is 0.180. The summed E-state index contributed by atoms with van der Waals surface area (Å²) in [5, 5.41) is 7.17. The van der Waals surface area contributed by atoms with E-state index >= 15 is 0 Å². The van der Waals surface area contributed by atoms with Crippen LogP contribution in [0.3, 0.4) is 0 Å². The van der Waals surface area contributed by atoms with Gasteiger partial charge in [0.15, 0.2) is 5.78 Å². The van der Waals surface area contributed by atoms with Gasteiger partial charge in [0.2, 0.25) is 0 Å². The number of hydrogen-bond donors (Lipinski definition) is 1. The molecule has 0 spiro atoms. The molecule has 0 saturated heterocycles. The van der Waals surface area contributed by atoms with Crippen molar-refractivity contribution in [2.75, 3.05) is 7.11 Å². The lowest BCUT2D eigenvalue weighted by Gasteiger charge is -2.02. The standard InChI is InChI=1S/C13H12N2O2/c1-17-9-4-2-8(3-5-9)13-12-10(14-15-13)6-7-11(12)16/h2-5H,6-7H2,1H3,(H,14,15). The molecular formula is C13H12N2O2. The summed E-state index contributed by atoms with van der Waals surface area (Å²) >= 11 is 0. The number of nitrogens with zero attached hydrogens (tertiary/aromatic N) is 1. The summed E-state index contributed by atoms with van der Waals surface area (Å²) in [7, 11) is 1.63. The van der Waals surface area contributed by atoms with E-state index in [4.69, 9.17) is 4.74 Å². The average molecular weight is 228 g/mol. The molecule has 0 fully saturated rings. The van der Waals surface area contributed by atoms with E-state index in [1.807, 2.05) is 24.3 Å². The first-order valence-electron chi connectivity index (χ1n) is 5.54. The molecule has 0 atom stereocenters. The van der Waals surface area contributed by atoms with Crippen LogP contribution in [0.5, 0.6) is 5.75 Å². The molecular weight excluding hydrogens is 216 g/mol. The van der Waals surface area contributed by atoms with Crippen LogP contribution >= 0.6 is 0 Å². The maximum atomic E-state index is 11.8. The molecule has 3 rings (SSSR count). The number of hydrogen-bond acceptors (Lipinski definition) is 3. The number of aromatic nitrogens is 2. The van der Waals surface area contributed by atoms with Crippen molar-refractivity contribution >= 4 is 5.78 Å². The Morgan fingerprint density at radius 2 is 2.00 bits per heavy atom. The normalized spacial score (nSPS) is 13.8. The highest BCUT2D eigenvalue weighted by Gasteiger charge is 2.26. The van der Waals surface area contributed by atoms with E-state index in [9.17, 15) is 4.79 Å². The predicted octanol–water partition coefficient (Wildman–Crippen LogP) is 2.21. The molecule has 4 heteroatoms. The fourth-order valence-electron chi connectivity index (χ4n) is 2.18. The number of carbonyl (C=O) groups excluding carboxylic acids is 1. The second kappa shape index (κ2) is 3.73. The van der Waals surface area contributed by atoms with Crippen molar-refractivity contribution in [3.05, 3.63) is 35.5 Å². The molecule has 1 aromatic heterocycles. The third-order valence-corrected chi connectivity index (χ3v) is 3.09. The number of ether oxygens (including phenoxy) is 1. The number of H-pyrrole nitrogens is 1. The number of Topliss-reactive ketones (excluding diaryl/α,β-unsaturated/α-hetero) is 1. The number of methoxy groups -OCH3 is 1. The van der Waals surface area contributed by atoms with Crippen molar-refractivity contribution < 1.29 is 9.53 Å². The Balaban J connectivity index is 2.07. The van der Waals surface area contributed by atoms with Crippen LogP contribution in [-0.2, 0) is 6.42 Å². The first kappa shape index (κ1) is 10.1. The van der Waals surface area contributed by atoms with Gasteiger partial charge >= 0.3 is 0 Å². The van der Waals surface area contributed by atoms with Crippen LogP contribution in [0.1, 0.15) is 22.5 Å². The van der Waals surface area contributed by atoms with Crippen LogP contribution in [0.15, 0.2) is 24.3 Å². The van der Waals surface area contributed by atoms with Crippen LogP contribution in [0, 0.1) is 0 Å². The molecule has 0 radical (unpaired) electrons. The number of aryl methyl sites for hydroxylation is 1. The zero-order valence-corrected chi connectivity index (χ0v) is 9.49. The predicted molar refractivity (Wildman–Crippen MR) is 63.2 cm³/mol. The average Bonchev–Trinajstić information content (AvgIpc) is 2.93. The summed E-state index contributed by atoms with van der Waals surface area (Å²) in [6.07, 6.45) is 1.37. The van der Waals surface area contributed by atoms with E-state index in [0.717, 1.165) is 34.7 Å². The van der Waals surface area contributed by atoms with E-state index in [0.29, 0.717) is 6.42 Å². The fraction of sp³-hybridized carbons (Fsp3) is 0.231. The van der Waals surface area contributed by atoms with Crippen molar-refractivity contribution in [1.82, 2.24) is 10.2 Å². The number of ketones is 1. The molecule has 0 saturated carbocycles. The molecule has 0 aliphatic heterocycles. The van der Waals surface area contributed by atoms with E-state index < -0.39 is 0 Å². The van der Waals surface area contributed by atoms with Crippen molar-refractivity contribution in [2.24, 2.45) is 0 Å². The maximum Gasteiger partial charge on any atom is 0.167 e. The van der Waals surface area contributed by atoms with Crippen LogP contribution in [0.25, 0.3) is 11.3 Å². The molecule has 2 aromatic rings. The van der Waals surface area contributed by atoms with Crippen molar-refractivity contribution in [3.63, 3.8) is 0 Å². The third-order valence-electron chi connectivity index (χ3n) is 3.09. The lowest BCUT2D eigenvalue weighted by molar-refractivity contribution is 0.0995.